The van der Waals surface area contributed by atoms with Crippen molar-refractivity contribution in [2.24, 2.45) is 11.3 Å². The Morgan fingerprint density at radius 2 is 1.87 bits per heavy atom. The molecule has 0 saturated heterocycles. The first-order valence-corrected chi connectivity index (χ1v) is 5.55. The molecule has 1 amide bonds. The van der Waals surface area contributed by atoms with E-state index in [1.807, 2.05) is 6.92 Å². The van der Waals surface area contributed by atoms with Crippen LogP contribution in [0.2, 0.25) is 0 Å². The molecule has 90 valence electrons. The summed E-state index contributed by atoms with van der Waals surface area (Å²) < 4.78 is 4.96. The number of amides is 1. The second-order valence-corrected chi connectivity index (χ2v) is 5.40. The third-order valence-electron chi connectivity index (χ3n) is 2.79. The van der Waals surface area contributed by atoms with E-state index in [9.17, 15) is 4.79 Å². The van der Waals surface area contributed by atoms with Crippen molar-refractivity contribution in [2.45, 2.75) is 47.1 Å². The molecular weight excluding hydrogens is 190 g/mol. The van der Waals surface area contributed by atoms with Crippen molar-refractivity contribution in [3.8, 4) is 0 Å². The van der Waals surface area contributed by atoms with E-state index in [2.05, 4.69) is 33.0 Å². The highest BCUT2D eigenvalue weighted by molar-refractivity contribution is 5.76. The fourth-order valence-electron chi connectivity index (χ4n) is 1.21. The molecule has 0 radical (unpaired) electrons. The zero-order chi connectivity index (χ0) is 12.1. The number of ether oxygens (including phenoxy) is 1. The van der Waals surface area contributed by atoms with Gasteiger partial charge in [-0.25, -0.2) is 0 Å². The van der Waals surface area contributed by atoms with Crippen LogP contribution in [0.5, 0.6) is 0 Å². The summed E-state index contributed by atoms with van der Waals surface area (Å²) in [5.74, 6) is 0.495. The average Bonchev–Trinajstić information content (AvgIpc) is 2.01. The van der Waals surface area contributed by atoms with Crippen molar-refractivity contribution in [3.63, 3.8) is 0 Å². The predicted octanol–water partition coefficient (Wildman–Crippen LogP) is 2.21. The van der Waals surface area contributed by atoms with Crippen LogP contribution in [0, 0.1) is 11.3 Å². The van der Waals surface area contributed by atoms with Crippen molar-refractivity contribution in [1.82, 2.24) is 5.32 Å². The quantitative estimate of drug-likeness (QED) is 0.763. The molecule has 15 heavy (non-hydrogen) atoms. The van der Waals surface area contributed by atoms with Crippen LogP contribution in [-0.4, -0.2) is 25.7 Å². The molecule has 0 spiro atoms. The fraction of sp³-hybridized carbons (Fsp3) is 0.917. The Bertz CT molecular complexity index is 196. The third-order valence-corrected chi connectivity index (χ3v) is 2.79. The van der Waals surface area contributed by atoms with E-state index >= 15 is 0 Å². The van der Waals surface area contributed by atoms with Crippen molar-refractivity contribution in [1.29, 1.82) is 0 Å². The highest BCUT2D eigenvalue weighted by Crippen LogP contribution is 2.27. The SMILES string of the molecule is COC[C@H](C)NC(=O)C[C@@H](C)C(C)(C)C. The third kappa shape index (κ3) is 6.50. The lowest BCUT2D eigenvalue weighted by Gasteiger charge is -2.27. The Labute approximate surface area is 93.6 Å². The average molecular weight is 215 g/mol. The number of carbonyl (C=O) groups is 1. The van der Waals surface area contributed by atoms with Crippen LogP contribution in [-0.2, 0) is 9.53 Å². The topological polar surface area (TPSA) is 38.3 Å². The number of hydrogen-bond donors (Lipinski definition) is 1. The normalized spacial score (nSPS) is 15.9. The smallest absolute Gasteiger partial charge is 0.220 e. The van der Waals surface area contributed by atoms with E-state index in [0.29, 0.717) is 18.9 Å². The van der Waals surface area contributed by atoms with Gasteiger partial charge in [0, 0.05) is 19.6 Å². The van der Waals surface area contributed by atoms with E-state index < -0.39 is 0 Å². The maximum atomic E-state index is 11.6. The first kappa shape index (κ1) is 14.4. The minimum absolute atomic E-state index is 0.0923. The molecule has 0 fully saturated rings. The number of hydrogen-bond acceptors (Lipinski definition) is 2. The molecule has 0 bridgehead atoms. The first-order valence-electron chi connectivity index (χ1n) is 5.55. The van der Waals surface area contributed by atoms with Gasteiger partial charge in [0.2, 0.25) is 5.91 Å². The Balaban J connectivity index is 3.94. The minimum Gasteiger partial charge on any atom is -0.383 e. The Kier molecular flexibility index (Phi) is 5.88. The summed E-state index contributed by atoms with van der Waals surface area (Å²) in [5.41, 5.74) is 0.182. The van der Waals surface area contributed by atoms with Gasteiger partial charge in [0.15, 0.2) is 0 Å². The summed E-state index contributed by atoms with van der Waals surface area (Å²) in [6, 6.07) is 0.0923. The van der Waals surface area contributed by atoms with Crippen LogP contribution in [0.4, 0.5) is 0 Å². The minimum atomic E-state index is 0.0923. The summed E-state index contributed by atoms with van der Waals surface area (Å²) in [7, 11) is 1.64. The molecular formula is C12H25NO2. The van der Waals surface area contributed by atoms with Crippen molar-refractivity contribution in [3.05, 3.63) is 0 Å². The molecule has 0 aliphatic carbocycles. The molecule has 0 heterocycles. The largest absolute Gasteiger partial charge is 0.383 e. The summed E-state index contributed by atoms with van der Waals surface area (Å²) in [6.45, 7) is 11.1. The fourth-order valence-corrected chi connectivity index (χ4v) is 1.21. The number of nitrogens with one attached hydrogen (secondary N) is 1. The Morgan fingerprint density at radius 1 is 1.33 bits per heavy atom. The van der Waals surface area contributed by atoms with Gasteiger partial charge >= 0.3 is 0 Å². The lowest BCUT2D eigenvalue weighted by atomic mass is 9.80. The summed E-state index contributed by atoms with van der Waals surface area (Å²) in [6.07, 6.45) is 0.581. The van der Waals surface area contributed by atoms with E-state index in [1.54, 1.807) is 7.11 Å². The van der Waals surface area contributed by atoms with Gasteiger partial charge in [-0.3, -0.25) is 4.79 Å². The van der Waals surface area contributed by atoms with Crippen molar-refractivity contribution in [2.75, 3.05) is 13.7 Å². The van der Waals surface area contributed by atoms with Gasteiger partial charge in [0.25, 0.3) is 0 Å². The summed E-state index contributed by atoms with van der Waals surface area (Å²) >= 11 is 0. The van der Waals surface area contributed by atoms with Crippen molar-refractivity contribution >= 4 is 5.91 Å². The standard InChI is InChI=1S/C12H25NO2/c1-9(12(3,4)5)7-11(14)13-10(2)8-15-6/h9-10H,7-8H2,1-6H3,(H,13,14)/t9-,10+/m1/s1. The Morgan fingerprint density at radius 3 is 2.27 bits per heavy atom. The molecule has 0 aliphatic rings. The van der Waals surface area contributed by atoms with Crippen LogP contribution in [0.25, 0.3) is 0 Å². The molecule has 0 aromatic carbocycles. The zero-order valence-electron chi connectivity index (χ0n) is 10.9. The maximum absolute atomic E-state index is 11.6. The van der Waals surface area contributed by atoms with Gasteiger partial charge in [0.1, 0.15) is 0 Å². The van der Waals surface area contributed by atoms with Gasteiger partial charge in [-0.1, -0.05) is 27.7 Å². The summed E-state index contributed by atoms with van der Waals surface area (Å²) in [4.78, 5) is 11.6. The molecule has 1 N–H and O–H groups in total. The number of rotatable bonds is 5. The van der Waals surface area contributed by atoms with Crippen LogP contribution < -0.4 is 5.32 Å². The van der Waals surface area contributed by atoms with E-state index in [4.69, 9.17) is 4.74 Å². The molecule has 0 aromatic rings. The molecule has 0 unspecified atom stereocenters. The zero-order valence-corrected chi connectivity index (χ0v) is 10.9. The van der Waals surface area contributed by atoms with Gasteiger partial charge in [-0.2, -0.15) is 0 Å². The predicted molar refractivity (Wildman–Crippen MR) is 62.7 cm³/mol. The summed E-state index contributed by atoms with van der Waals surface area (Å²) in [5, 5.41) is 2.92. The van der Waals surface area contributed by atoms with Gasteiger partial charge < -0.3 is 10.1 Å². The first-order chi connectivity index (χ1) is 6.77. The van der Waals surface area contributed by atoms with E-state index in [-0.39, 0.29) is 17.4 Å². The van der Waals surface area contributed by atoms with Gasteiger partial charge in [0.05, 0.1) is 6.61 Å². The molecule has 0 saturated carbocycles. The molecule has 0 rings (SSSR count). The molecule has 0 aromatic heterocycles. The van der Waals surface area contributed by atoms with Crippen molar-refractivity contribution < 1.29 is 9.53 Å². The van der Waals surface area contributed by atoms with E-state index in [0.717, 1.165) is 0 Å². The molecule has 3 nitrogen and oxygen atoms in total. The van der Waals surface area contributed by atoms with Gasteiger partial charge in [-0.05, 0) is 18.3 Å². The van der Waals surface area contributed by atoms with Crippen LogP contribution in [0.15, 0.2) is 0 Å². The monoisotopic (exact) mass is 215 g/mol. The number of methoxy groups -OCH3 is 1. The second-order valence-electron chi connectivity index (χ2n) is 5.40. The Hall–Kier alpha value is -0.570. The van der Waals surface area contributed by atoms with Crippen LogP contribution in [0.3, 0.4) is 0 Å². The van der Waals surface area contributed by atoms with Crippen LogP contribution >= 0.6 is 0 Å². The van der Waals surface area contributed by atoms with Gasteiger partial charge in [-0.15, -0.1) is 0 Å². The second kappa shape index (κ2) is 6.11. The highest BCUT2D eigenvalue weighted by atomic mass is 16.5. The lowest BCUT2D eigenvalue weighted by Crippen LogP contribution is -2.37. The molecule has 3 heteroatoms. The molecule has 2 atom stereocenters. The molecule has 0 aliphatic heterocycles. The van der Waals surface area contributed by atoms with E-state index in [1.165, 1.54) is 0 Å². The lowest BCUT2D eigenvalue weighted by molar-refractivity contribution is -0.123. The number of carbonyl (C=O) groups excluding carboxylic acids is 1. The van der Waals surface area contributed by atoms with Crippen LogP contribution in [0.1, 0.15) is 41.0 Å². The highest BCUT2D eigenvalue weighted by Gasteiger charge is 2.22. The maximum Gasteiger partial charge on any atom is 0.220 e.